The Labute approximate surface area is 291 Å². The number of hydrogen-bond acceptors (Lipinski definition) is 14. The highest BCUT2D eigenvalue weighted by Gasteiger charge is 2.46. The lowest BCUT2D eigenvalue weighted by Gasteiger charge is -2.47. The summed E-state index contributed by atoms with van der Waals surface area (Å²) in [6.07, 6.45) is -0.133. The molecule has 2 fully saturated rings. The van der Waals surface area contributed by atoms with Crippen LogP contribution in [-0.2, 0) is 38.4 Å². The van der Waals surface area contributed by atoms with Crippen molar-refractivity contribution >= 4 is 47.8 Å². The standard InChI is InChI=1S/C29H46N6O16/c36-20(37)8-30-6-4-28(16-32(18-30)10-22(40)41,34(12-24(44)45)13-25(46)47)2-1-3-29(35(14-26(48)49)15-27(50)51)5-7-31(9-21(38)39)19-33(17-29)11-23(42)43/h1-19H2,(H,36,37)(H,38,39)(H,40,41)(H,42,43)(H,44,45)(H,46,47)(H,48,49)(H,50,51). The average molecular weight is 735 g/mol. The van der Waals surface area contributed by atoms with Crippen molar-refractivity contribution in [3.05, 3.63) is 0 Å². The molecule has 51 heavy (non-hydrogen) atoms. The van der Waals surface area contributed by atoms with Gasteiger partial charge in [0.2, 0.25) is 0 Å². The Morgan fingerprint density at radius 1 is 0.431 bits per heavy atom. The predicted octanol–water partition coefficient (Wildman–Crippen LogP) is -3.15. The zero-order chi connectivity index (χ0) is 38.5. The molecule has 0 aromatic carbocycles. The van der Waals surface area contributed by atoms with Crippen molar-refractivity contribution in [1.29, 1.82) is 0 Å². The van der Waals surface area contributed by atoms with E-state index in [1.54, 1.807) is 0 Å². The third kappa shape index (κ3) is 14.3. The van der Waals surface area contributed by atoms with E-state index in [1.807, 2.05) is 0 Å². The highest BCUT2D eigenvalue weighted by molar-refractivity contribution is 5.74. The first-order valence-corrected chi connectivity index (χ1v) is 15.9. The molecule has 0 radical (unpaired) electrons. The van der Waals surface area contributed by atoms with Crippen LogP contribution in [0.5, 0.6) is 0 Å². The maximum absolute atomic E-state index is 12.0. The lowest BCUT2D eigenvalue weighted by Crippen LogP contribution is -2.60. The average Bonchev–Trinajstić information content (AvgIpc) is 3.22. The van der Waals surface area contributed by atoms with Crippen LogP contribution >= 0.6 is 0 Å². The zero-order valence-corrected chi connectivity index (χ0v) is 28.0. The predicted molar refractivity (Wildman–Crippen MR) is 169 cm³/mol. The molecule has 0 amide bonds. The minimum Gasteiger partial charge on any atom is -0.480 e. The van der Waals surface area contributed by atoms with Crippen LogP contribution in [0.3, 0.4) is 0 Å². The maximum Gasteiger partial charge on any atom is 0.317 e. The summed E-state index contributed by atoms with van der Waals surface area (Å²) in [5.41, 5.74) is -2.82. The fraction of sp³-hybridized carbons (Fsp3) is 0.724. The highest BCUT2D eigenvalue weighted by atomic mass is 16.4. The number of nitrogens with zero attached hydrogens (tertiary/aromatic N) is 6. The molecule has 22 heteroatoms. The van der Waals surface area contributed by atoms with Gasteiger partial charge in [0.25, 0.3) is 0 Å². The smallest absolute Gasteiger partial charge is 0.317 e. The molecule has 0 aromatic rings. The van der Waals surface area contributed by atoms with Gasteiger partial charge in [0.05, 0.1) is 65.7 Å². The third-order valence-corrected chi connectivity index (χ3v) is 8.99. The van der Waals surface area contributed by atoms with Gasteiger partial charge in [0.15, 0.2) is 0 Å². The molecule has 0 saturated carbocycles. The lowest BCUT2D eigenvalue weighted by atomic mass is 9.80. The first-order chi connectivity index (χ1) is 23.7. The van der Waals surface area contributed by atoms with Crippen molar-refractivity contribution < 1.29 is 79.2 Å². The summed E-state index contributed by atoms with van der Waals surface area (Å²) < 4.78 is 0. The number of carboxylic acids is 8. The maximum atomic E-state index is 12.0. The van der Waals surface area contributed by atoms with Crippen molar-refractivity contribution in [2.24, 2.45) is 0 Å². The Morgan fingerprint density at radius 2 is 0.706 bits per heavy atom. The molecule has 22 nitrogen and oxygen atoms in total. The minimum atomic E-state index is -1.41. The highest BCUT2D eigenvalue weighted by Crippen LogP contribution is 2.36. The molecular formula is C29H46N6O16. The van der Waals surface area contributed by atoms with Gasteiger partial charge in [-0.05, 0) is 32.1 Å². The topological polar surface area (TPSA) is 318 Å². The van der Waals surface area contributed by atoms with Crippen LogP contribution in [0.15, 0.2) is 0 Å². The second-order valence-corrected chi connectivity index (χ2v) is 13.0. The molecule has 2 aliphatic rings. The molecular weight excluding hydrogens is 688 g/mol. The number of hydrogen-bond donors (Lipinski definition) is 8. The van der Waals surface area contributed by atoms with Gasteiger partial charge in [-0.2, -0.15) is 0 Å². The lowest BCUT2D eigenvalue weighted by molar-refractivity contribution is -0.148. The monoisotopic (exact) mass is 734 g/mol. The van der Waals surface area contributed by atoms with Crippen LogP contribution in [-0.4, -0.2) is 221 Å². The Kier molecular flexibility index (Phi) is 16.1. The molecule has 0 aromatic heterocycles. The van der Waals surface area contributed by atoms with Crippen molar-refractivity contribution in [3.63, 3.8) is 0 Å². The fourth-order valence-corrected chi connectivity index (χ4v) is 7.19. The van der Waals surface area contributed by atoms with Crippen LogP contribution in [0.1, 0.15) is 32.1 Å². The Bertz CT molecular complexity index is 1190. The van der Waals surface area contributed by atoms with E-state index < -0.39 is 111 Å². The van der Waals surface area contributed by atoms with Crippen LogP contribution in [0, 0.1) is 0 Å². The van der Waals surface area contributed by atoms with Gasteiger partial charge in [-0.1, -0.05) is 0 Å². The quantitative estimate of drug-likeness (QED) is 0.0544. The zero-order valence-electron chi connectivity index (χ0n) is 28.0. The van der Waals surface area contributed by atoms with Gasteiger partial charge < -0.3 is 40.9 Å². The molecule has 0 bridgehead atoms. The normalized spacial score (nSPS) is 22.6. The summed E-state index contributed by atoms with van der Waals surface area (Å²) in [4.78, 5) is 103. The fourth-order valence-electron chi connectivity index (χ4n) is 7.19. The van der Waals surface area contributed by atoms with E-state index in [4.69, 9.17) is 0 Å². The minimum absolute atomic E-state index is 0.00993. The van der Waals surface area contributed by atoms with E-state index in [0.29, 0.717) is 0 Å². The summed E-state index contributed by atoms with van der Waals surface area (Å²) in [5, 5.41) is 77.3. The molecule has 2 heterocycles. The molecule has 2 atom stereocenters. The van der Waals surface area contributed by atoms with E-state index in [9.17, 15) is 79.2 Å². The van der Waals surface area contributed by atoms with Crippen LogP contribution in [0.4, 0.5) is 0 Å². The summed E-state index contributed by atoms with van der Waals surface area (Å²) in [7, 11) is 0. The number of carbonyl (C=O) groups is 8. The van der Waals surface area contributed by atoms with Gasteiger partial charge >= 0.3 is 47.8 Å². The van der Waals surface area contributed by atoms with Crippen molar-refractivity contribution in [3.8, 4) is 0 Å². The van der Waals surface area contributed by atoms with E-state index in [-0.39, 0.29) is 71.6 Å². The molecule has 2 aliphatic heterocycles. The molecule has 2 rings (SSSR count). The van der Waals surface area contributed by atoms with Crippen LogP contribution < -0.4 is 0 Å². The molecule has 2 unspecified atom stereocenters. The van der Waals surface area contributed by atoms with Crippen molar-refractivity contribution in [1.82, 2.24) is 29.4 Å². The Morgan fingerprint density at radius 3 is 0.961 bits per heavy atom. The van der Waals surface area contributed by atoms with E-state index in [0.717, 1.165) is 9.80 Å². The molecule has 0 spiro atoms. The Hall–Kier alpha value is -4.48. The molecule has 2 saturated heterocycles. The summed E-state index contributed by atoms with van der Waals surface area (Å²) in [6.45, 7) is -6.16. The second kappa shape index (κ2) is 19.2. The largest absolute Gasteiger partial charge is 0.480 e. The SMILES string of the molecule is O=C(O)CN1CCC(CCCC2(N(CC(=O)O)CC(=O)O)CCN(CC(=O)O)CN(CC(=O)O)C2)(N(CC(=O)O)CC(=O)O)CN(CC(=O)O)C1. The van der Waals surface area contributed by atoms with Crippen LogP contribution in [0.25, 0.3) is 0 Å². The second-order valence-electron chi connectivity index (χ2n) is 13.0. The van der Waals surface area contributed by atoms with E-state index >= 15 is 0 Å². The number of rotatable bonds is 22. The van der Waals surface area contributed by atoms with Crippen LogP contribution in [0.2, 0.25) is 0 Å². The van der Waals surface area contributed by atoms with Gasteiger partial charge in [-0.25, -0.2) is 0 Å². The number of aliphatic carboxylic acids is 8. The first-order valence-electron chi connectivity index (χ1n) is 15.9. The summed E-state index contributed by atoms with van der Waals surface area (Å²) in [5.74, 6) is -10.6. The summed E-state index contributed by atoms with van der Waals surface area (Å²) >= 11 is 0. The number of carboxylic acid groups (broad SMARTS) is 8. The third-order valence-electron chi connectivity index (χ3n) is 8.99. The van der Waals surface area contributed by atoms with Crippen molar-refractivity contribution in [2.45, 2.75) is 43.2 Å². The molecule has 8 N–H and O–H groups in total. The van der Waals surface area contributed by atoms with Gasteiger partial charge in [0.1, 0.15) is 0 Å². The van der Waals surface area contributed by atoms with Gasteiger partial charge in [-0.3, -0.25) is 67.8 Å². The van der Waals surface area contributed by atoms with E-state index in [1.165, 1.54) is 19.6 Å². The van der Waals surface area contributed by atoms with Gasteiger partial charge in [-0.15, -0.1) is 0 Å². The van der Waals surface area contributed by atoms with Crippen molar-refractivity contribution in [2.75, 3.05) is 91.9 Å². The molecule has 288 valence electrons. The summed E-state index contributed by atoms with van der Waals surface area (Å²) in [6, 6.07) is 0. The molecule has 0 aliphatic carbocycles. The van der Waals surface area contributed by atoms with E-state index in [2.05, 4.69) is 0 Å². The van der Waals surface area contributed by atoms with Gasteiger partial charge in [0, 0.05) is 37.3 Å². The first kappa shape index (κ1) is 42.7. The Balaban J connectivity index is 2.68.